The predicted octanol–water partition coefficient (Wildman–Crippen LogP) is 5.42. The number of halogens is 6. The number of aromatic nitrogens is 2. The molecule has 0 spiro atoms. The van der Waals surface area contributed by atoms with Gasteiger partial charge in [0.1, 0.15) is 0 Å². The molecule has 0 saturated heterocycles. The fraction of sp³-hybridized carbons (Fsp3) is 0.250. The smallest absolute Gasteiger partial charge is 0.416 e. The number of rotatable bonds is 2. The Kier molecular flexibility index (Phi) is 4.84. The average molecular weight is 426 g/mol. The summed E-state index contributed by atoms with van der Waals surface area (Å²) in [6, 6.07) is 7.34. The zero-order valence-electron chi connectivity index (χ0n) is 15.2. The van der Waals surface area contributed by atoms with Crippen LogP contribution in [0.25, 0.3) is 22.9 Å². The van der Waals surface area contributed by atoms with Crippen molar-refractivity contribution in [2.45, 2.75) is 31.6 Å². The summed E-state index contributed by atoms with van der Waals surface area (Å²) < 4.78 is 83.8. The van der Waals surface area contributed by atoms with Crippen LogP contribution in [0.4, 0.5) is 26.3 Å². The summed E-state index contributed by atoms with van der Waals surface area (Å²) in [5.41, 5.74) is 5.11. The zero-order valence-corrected chi connectivity index (χ0v) is 15.2. The van der Waals surface area contributed by atoms with Crippen molar-refractivity contribution in [3.05, 3.63) is 64.7 Å². The first-order valence-corrected chi connectivity index (χ1v) is 8.86. The maximum Gasteiger partial charge on any atom is 0.416 e. The second kappa shape index (κ2) is 7.12. The first kappa shape index (κ1) is 20.4. The molecular formula is C20H14F6N3O. The Balaban J connectivity index is 1.73. The molecule has 0 bridgehead atoms. The lowest BCUT2D eigenvalue weighted by atomic mass is 9.87. The van der Waals surface area contributed by atoms with Crippen molar-refractivity contribution in [2.75, 3.05) is 0 Å². The third-order valence-electron chi connectivity index (χ3n) is 4.85. The van der Waals surface area contributed by atoms with E-state index < -0.39 is 34.9 Å². The molecule has 4 rings (SSSR count). The van der Waals surface area contributed by atoms with E-state index in [1.807, 2.05) is 6.07 Å². The van der Waals surface area contributed by atoms with Crippen molar-refractivity contribution in [1.82, 2.24) is 10.2 Å². The van der Waals surface area contributed by atoms with Crippen LogP contribution < -0.4 is 5.73 Å². The number of hydrogen-bond donors (Lipinski definition) is 1. The van der Waals surface area contributed by atoms with Crippen molar-refractivity contribution >= 4 is 0 Å². The van der Waals surface area contributed by atoms with Crippen molar-refractivity contribution in [1.29, 1.82) is 0 Å². The van der Waals surface area contributed by atoms with Gasteiger partial charge in [-0.2, -0.15) is 26.3 Å². The number of aryl methyl sites for hydroxylation is 1. The van der Waals surface area contributed by atoms with E-state index >= 15 is 0 Å². The Labute approximate surface area is 166 Å². The van der Waals surface area contributed by atoms with Crippen LogP contribution in [0.15, 0.2) is 40.8 Å². The first-order valence-electron chi connectivity index (χ1n) is 8.86. The van der Waals surface area contributed by atoms with E-state index in [-0.39, 0.29) is 12.0 Å². The summed E-state index contributed by atoms with van der Waals surface area (Å²) in [6.45, 7) is 0. The van der Waals surface area contributed by atoms with Gasteiger partial charge in [0.05, 0.1) is 11.1 Å². The van der Waals surface area contributed by atoms with Gasteiger partial charge < -0.3 is 10.2 Å². The second-order valence-corrected chi connectivity index (χ2v) is 7.03. The summed E-state index contributed by atoms with van der Waals surface area (Å²) >= 11 is 0. The SMILES string of the molecule is N[C]1CCc2ccc(-c3nnc(-c4cc(C(F)(F)F)cc(C(F)(F)F)c4)o3)cc2C1. The fourth-order valence-corrected chi connectivity index (χ4v) is 3.33. The molecule has 0 saturated carbocycles. The quantitative estimate of drug-likeness (QED) is 0.556. The summed E-state index contributed by atoms with van der Waals surface area (Å²) in [4.78, 5) is 0. The summed E-state index contributed by atoms with van der Waals surface area (Å²) in [7, 11) is 0. The molecule has 1 heterocycles. The molecule has 0 aliphatic heterocycles. The van der Waals surface area contributed by atoms with Gasteiger partial charge in [-0.25, -0.2) is 0 Å². The molecule has 0 fully saturated rings. The molecule has 2 N–H and O–H groups in total. The number of nitrogens with two attached hydrogens (primary N) is 1. The van der Waals surface area contributed by atoms with E-state index in [1.54, 1.807) is 12.1 Å². The number of hydrogen-bond acceptors (Lipinski definition) is 4. The molecule has 10 heteroatoms. The van der Waals surface area contributed by atoms with E-state index in [9.17, 15) is 26.3 Å². The minimum absolute atomic E-state index is 0.0112. The Morgan fingerprint density at radius 2 is 1.33 bits per heavy atom. The maximum absolute atomic E-state index is 13.1. The van der Waals surface area contributed by atoms with E-state index in [0.717, 1.165) is 30.0 Å². The van der Waals surface area contributed by atoms with E-state index in [4.69, 9.17) is 10.2 Å². The van der Waals surface area contributed by atoms with Crippen LogP contribution in [-0.4, -0.2) is 10.2 Å². The largest absolute Gasteiger partial charge is 0.416 e. The van der Waals surface area contributed by atoms with Gasteiger partial charge in [0.15, 0.2) is 0 Å². The van der Waals surface area contributed by atoms with Crippen molar-refractivity contribution < 1.29 is 30.8 Å². The highest BCUT2D eigenvalue weighted by atomic mass is 19.4. The van der Waals surface area contributed by atoms with Gasteiger partial charge in [-0.3, -0.25) is 0 Å². The zero-order chi connectivity index (χ0) is 21.7. The molecule has 1 aromatic heterocycles. The minimum atomic E-state index is -4.96. The molecule has 1 aliphatic rings. The van der Waals surface area contributed by atoms with Crippen LogP contribution in [0, 0.1) is 6.04 Å². The van der Waals surface area contributed by atoms with Gasteiger partial charge in [0.25, 0.3) is 0 Å². The maximum atomic E-state index is 13.1. The highest BCUT2D eigenvalue weighted by molar-refractivity contribution is 5.61. The minimum Gasteiger partial charge on any atom is -0.416 e. The number of benzene rings is 2. The highest BCUT2D eigenvalue weighted by Crippen LogP contribution is 2.39. The lowest BCUT2D eigenvalue weighted by Crippen LogP contribution is -2.19. The van der Waals surface area contributed by atoms with E-state index in [2.05, 4.69) is 10.2 Å². The molecule has 0 amide bonds. The van der Waals surface area contributed by atoms with Gasteiger partial charge in [-0.1, -0.05) is 6.07 Å². The number of alkyl halides is 6. The van der Waals surface area contributed by atoms with Crippen molar-refractivity contribution in [2.24, 2.45) is 5.73 Å². The highest BCUT2D eigenvalue weighted by Gasteiger charge is 2.37. The number of nitrogens with zero attached hydrogens (tertiary/aromatic N) is 2. The third-order valence-corrected chi connectivity index (χ3v) is 4.85. The van der Waals surface area contributed by atoms with E-state index in [1.165, 1.54) is 0 Å². The van der Waals surface area contributed by atoms with Gasteiger partial charge in [-0.05, 0) is 60.7 Å². The van der Waals surface area contributed by atoms with Gasteiger partial charge >= 0.3 is 12.4 Å². The normalized spacial score (nSPS) is 15.3. The Bertz CT molecular complexity index is 1050. The summed E-state index contributed by atoms with van der Waals surface area (Å²) in [6.07, 6.45) is -7.77. The Hall–Kier alpha value is -2.88. The number of fused-ring (bicyclic) bond motifs is 1. The Morgan fingerprint density at radius 3 is 1.93 bits per heavy atom. The third kappa shape index (κ3) is 4.04. The second-order valence-electron chi connectivity index (χ2n) is 7.03. The molecule has 157 valence electrons. The van der Waals surface area contributed by atoms with Crippen molar-refractivity contribution in [3.8, 4) is 22.9 Å². The summed E-state index contributed by atoms with van der Waals surface area (Å²) in [5, 5.41) is 7.45. The molecule has 0 atom stereocenters. The Morgan fingerprint density at radius 1 is 0.733 bits per heavy atom. The molecule has 4 nitrogen and oxygen atoms in total. The molecule has 1 radical (unpaired) electrons. The molecule has 2 aromatic carbocycles. The fourth-order valence-electron chi connectivity index (χ4n) is 3.33. The monoisotopic (exact) mass is 426 g/mol. The van der Waals surface area contributed by atoms with Crippen LogP contribution in [0.1, 0.15) is 28.7 Å². The first-order chi connectivity index (χ1) is 14.0. The van der Waals surface area contributed by atoms with Crippen LogP contribution in [0.5, 0.6) is 0 Å². The molecule has 30 heavy (non-hydrogen) atoms. The lowest BCUT2D eigenvalue weighted by molar-refractivity contribution is -0.143. The van der Waals surface area contributed by atoms with Crippen LogP contribution >= 0.6 is 0 Å². The standard InChI is InChI=1S/C20H14F6N3O/c21-19(22,23)14-6-13(7-15(9-14)20(24,25)26)18-29-28-17(30-18)11-2-1-10-3-4-16(27)8-12(10)5-11/h1-2,5-7,9H,3-4,8,27H2. The van der Waals surface area contributed by atoms with Gasteiger partial charge in [0.2, 0.25) is 11.8 Å². The summed E-state index contributed by atoms with van der Waals surface area (Å²) in [5.74, 6) is -0.451. The van der Waals surface area contributed by atoms with Crippen LogP contribution in [0.2, 0.25) is 0 Å². The molecule has 3 aromatic rings. The van der Waals surface area contributed by atoms with E-state index in [0.29, 0.717) is 24.1 Å². The topological polar surface area (TPSA) is 64.9 Å². The average Bonchev–Trinajstić information content (AvgIpc) is 3.16. The van der Waals surface area contributed by atoms with Crippen LogP contribution in [0.3, 0.4) is 0 Å². The predicted molar refractivity (Wildman–Crippen MR) is 94.6 cm³/mol. The molecular weight excluding hydrogens is 412 g/mol. The van der Waals surface area contributed by atoms with Crippen LogP contribution in [-0.2, 0) is 25.2 Å². The molecule has 0 unspecified atom stereocenters. The van der Waals surface area contributed by atoms with Gasteiger partial charge in [0, 0.05) is 17.2 Å². The lowest BCUT2D eigenvalue weighted by Gasteiger charge is -2.20. The molecule has 1 aliphatic carbocycles. The van der Waals surface area contributed by atoms with Gasteiger partial charge in [-0.15, -0.1) is 10.2 Å². The van der Waals surface area contributed by atoms with Crippen molar-refractivity contribution in [3.63, 3.8) is 0 Å².